The molecule has 2 aromatic rings. The molecule has 7 nitrogen and oxygen atoms in total. The summed E-state index contributed by atoms with van der Waals surface area (Å²) in [6.45, 7) is 9.87. The van der Waals surface area contributed by atoms with Gasteiger partial charge in [-0.1, -0.05) is 17.7 Å². The zero-order chi connectivity index (χ0) is 23.6. The number of anilines is 1. The molecule has 1 aliphatic rings. The summed E-state index contributed by atoms with van der Waals surface area (Å²) in [5.74, 6) is -0.292. The van der Waals surface area contributed by atoms with Gasteiger partial charge in [0.05, 0.1) is 22.0 Å². The number of amides is 4. The van der Waals surface area contributed by atoms with Crippen LogP contribution in [0.4, 0.5) is 10.5 Å². The van der Waals surface area contributed by atoms with E-state index in [1.165, 1.54) is 6.08 Å². The molecule has 1 heterocycles. The molecule has 1 N–H and O–H groups in total. The number of urea groups is 1. The number of carbonyl (C=O) groups excluding carboxylic acids is 3. The van der Waals surface area contributed by atoms with E-state index < -0.39 is 17.8 Å². The first-order valence-electron chi connectivity index (χ1n) is 10.2. The number of carbonyl (C=O) groups is 3. The summed E-state index contributed by atoms with van der Waals surface area (Å²) in [6.07, 6.45) is 1.42. The lowest BCUT2D eigenvalue weighted by atomic mass is 10.0. The van der Waals surface area contributed by atoms with Crippen LogP contribution in [-0.2, 0) is 9.59 Å². The summed E-state index contributed by atoms with van der Waals surface area (Å²) in [7, 11) is 0. The molecule has 1 aliphatic heterocycles. The zero-order valence-electron chi connectivity index (χ0n) is 18.6. The van der Waals surface area contributed by atoms with Crippen molar-refractivity contribution in [3.05, 3.63) is 56.2 Å². The highest BCUT2D eigenvalue weighted by molar-refractivity contribution is 14.1. The Morgan fingerprint density at radius 1 is 1.12 bits per heavy atom. The number of halogens is 1. The van der Waals surface area contributed by atoms with Gasteiger partial charge in [0.2, 0.25) is 0 Å². The van der Waals surface area contributed by atoms with Crippen molar-refractivity contribution < 1.29 is 23.9 Å². The molecule has 2 aromatic carbocycles. The van der Waals surface area contributed by atoms with Gasteiger partial charge in [-0.15, -0.1) is 0 Å². The maximum atomic E-state index is 13.2. The molecule has 1 fully saturated rings. The van der Waals surface area contributed by atoms with Crippen LogP contribution < -0.4 is 19.7 Å². The van der Waals surface area contributed by atoms with Crippen LogP contribution in [0.25, 0.3) is 6.08 Å². The molecule has 8 heteroatoms. The van der Waals surface area contributed by atoms with Crippen molar-refractivity contribution >= 4 is 52.2 Å². The van der Waals surface area contributed by atoms with Gasteiger partial charge in [0.1, 0.15) is 5.57 Å². The molecule has 4 amide bonds. The van der Waals surface area contributed by atoms with E-state index in [-0.39, 0.29) is 11.7 Å². The van der Waals surface area contributed by atoms with Gasteiger partial charge in [-0.25, -0.2) is 9.69 Å². The Morgan fingerprint density at radius 2 is 1.84 bits per heavy atom. The molecule has 0 saturated carbocycles. The number of hydrogen-bond donors (Lipinski definition) is 1. The summed E-state index contributed by atoms with van der Waals surface area (Å²) in [4.78, 5) is 39.2. The molecular weight excluding hydrogens is 523 g/mol. The lowest BCUT2D eigenvalue weighted by molar-refractivity contribution is -0.122. The number of barbiturate groups is 1. The van der Waals surface area contributed by atoms with Crippen molar-refractivity contribution in [3.8, 4) is 11.5 Å². The average Bonchev–Trinajstić information content (AvgIpc) is 2.69. The van der Waals surface area contributed by atoms with E-state index in [9.17, 15) is 14.4 Å². The van der Waals surface area contributed by atoms with E-state index in [0.717, 1.165) is 19.6 Å². The Morgan fingerprint density at radius 3 is 2.47 bits per heavy atom. The molecule has 0 unspecified atom stereocenters. The van der Waals surface area contributed by atoms with Crippen LogP contribution in [0.2, 0.25) is 0 Å². The second-order valence-electron chi connectivity index (χ2n) is 7.68. The minimum atomic E-state index is -0.769. The van der Waals surface area contributed by atoms with Gasteiger partial charge in [0.15, 0.2) is 11.5 Å². The van der Waals surface area contributed by atoms with Crippen LogP contribution in [0.5, 0.6) is 11.5 Å². The van der Waals surface area contributed by atoms with Crippen molar-refractivity contribution in [3.63, 3.8) is 0 Å². The highest BCUT2D eigenvalue weighted by Crippen LogP contribution is 2.36. The van der Waals surface area contributed by atoms with Gasteiger partial charge in [-0.2, -0.15) is 0 Å². The smallest absolute Gasteiger partial charge is 0.335 e. The number of nitrogens with zero attached hydrogens (tertiary/aromatic N) is 1. The SMILES string of the molecule is CCOc1cc(/C=C2\C(=O)NC(=O)N(c3ccc(C)cc3C)C2=O)cc(I)c1OC(C)C. The average molecular weight is 548 g/mol. The minimum Gasteiger partial charge on any atom is -0.490 e. The van der Waals surface area contributed by atoms with Crippen molar-refractivity contribution in [2.45, 2.75) is 40.7 Å². The molecule has 32 heavy (non-hydrogen) atoms. The fourth-order valence-corrected chi connectivity index (χ4v) is 4.14. The second kappa shape index (κ2) is 9.72. The number of rotatable bonds is 6. The standard InChI is InChI=1S/C24H25IN2O5/c1-6-31-20-12-16(11-18(25)21(20)32-13(2)3)10-17-22(28)26-24(30)27(23(17)29)19-8-7-14(4)9-15(19)5/h7-13H,6H2,1-5H3,(H,26,28,30)/b17-10+. The number of ether oxygens (including phenoxy) is 2. The first kappa shape index (κ1) is 23.8. The van der Waals surface area contributed by atoms with Crippen molar-refractivity contribution in [1.82, 2.24) is 5.32 Å². The Hall–Kier alpha value is -2.88. The fraction of sp³-hybridized carbons (Fsp3) is 0.292. The van der Waals surface area contributed by atoms with Gasteiger partial charge >= 0.3 is 6.03 Å². The predicted molar refractivity (Wildman–Crippen MR) is 131 cm³/mol. The van der Waals surface area contributed by atoms with Crippen molar-refractivity contribution in [1.29, 1.82) is 0 Å². The van der Waals surface area contributed by atoms with Crippen molar-refractivity contribution in [2.24, 2.45) is 0 Å². The van der Waals surface area contributed by atoms with Gasteiger partial charge in [-0.3, -0.25) is 14.9 Å². The van der Waals surface area contributed by atoms with Crippen LogP contribution in [0.15, 0.2) is 35.9 Å². The van der Waals surface area contributed by atoms with Crippen molar-refractivity contribution in [2.75, 3.05) is 11.5 Å². The molecule has 0 bridgehead atoms. The first-order chi connectivity index (χ1) is 15.1. The largest absolute Gasteiger partial charge is 0.490 e. The van der Waals surface area contributed by atoms with E-state index in [4.69, 9.17) is 9.47 Å². The molecule has 3 rings (SSSR count). The Kier molecular flexibility index (Phi) is 7.22. The van der Waals surface area contributed by atoms with E-state index >= 15 is 0 Å². The van der Waals surface area contributed by atoms with Crippen LogP contribution in [0.1, 0.15) is 37.5 Å². The van der Waals surface area contributed by atoms with Gasteiger partial charge < -0.3 is 9.47 Å². The maximum absolute atomic E-state index is 13.2. The number of benzene rings is 2. The van der Waals surface area contributed by atoms with Gasteiger partial charge in [0.25, 0.3) is 11.8 Å². The van der Waals surface area contributed by atoms with Gasteiger partial charge in [-0.05, 0) is 92.6 Å². The number of nitrogens with one attached hydrogen (secondary N) is 1. The van der Waals surface area contributed by atoms with E-state index in [0.29, 0.717) is 29.4 Å². The number of aryl methyl sites for hydroxylation is 2. The fourth-order valence-electron chi connectivity index (χ4n) is 3.38. The Bertz CT molecular complexity index is 1120. The van der Waals surface area contributed by atoms with Gasteiger partial charge in [0, 0.05) is 0 Å². The molecule has 0 spiro atoms. The molecule has 0 radical (unpaired) electrons. The van der Waals surface area contributed by atoms with E-state index in [2.05, 4.69) is 27.9 Å². The summed E-state index contributed by atoms with van der Waals surface area (Å²) < 4.78 is 12.4. The predicted octanol–water partition coefficient (Wildman–Crippen LogP) is 4.76. The Balaban J connectivity index is 2.05. The third-order valence-electron chi connectivity index (χ3n) is 4.69. The molecule has 0 aromatic heterocycles. The van der Waals surface area contributed by atoms with E-state index in [1.807, 2.05) is 46.8 Å². The van der Waals surface area contributed by atoms with Crippen LogP contribution in [-0.4, -0.2) is 30.6 Å². The quantitative estimate of drug-likeness (QED) is 0.320. The third kappa shape index (κ3) is 4.95. The zero-order valence-corrected chi connectivity index (χ0v) is 20.8. The highest BCUT2D eigenvalue weighted by Gasteiger charge is 2.37. The number of hydrogen-bond acceptors (Lipinski definition) is 5. The topological polar surface area (TPSA) is 84.9 Å². The lowest BCUT2D eigenvalue weighted by Crippen LogP contribution is -2.54. The molecule has 0 atom stereocenters. The molecule has 168 valence electrons. The normalized spacial score (nSPS) is 15.4. The minimum absolute atomic E-state index is 0.0463. The highest BCUT2D eigenvalue weighted by atomic mass is 127. The van der Waals surface area contributed by atoms with Crippen LogP contribution in [0, 0.1) is 17.4 Å². The third-order valence-corrected chi connectivity index (χ3v) is 5.49. The van der Waals surface area contributed by atoms with Crippen LogP contribution >= 0.6 is 22.6 Å². The Labute approximate surface area is 200 Å². The van der Waals surface area contributed by atoms with E-state index in [1.54, 1.807) is 18.2 Å². The maximum Gasteiger partial charge on any atom is 0.335 e. The second-order valence-corrected chi connectivity index (χ2v) is 8.84. The molecule has 0 aliphatic carbocycles. The summed E-state index contributed by atoms with van der Waals surface area (Å²) in [5, 5.41) is 2.26. The lowest BCUT2D eigenvalue weighted by Gasteiger charge is -2.27. The summed E-state index contributed by atoms with van der Waals surface area (Å²) >= 11 is 2.13. The van der Waals surface area contributed by atoms with Crippen LogP contribution in [0.3, 0.4) is 0 Å². The summed E-state index contributed by atoms with van der Waals surface area (Å²) in [5.41, 5.74) is 2.64. The molecular formula is C24H25IN2O5. The first-order valence-corrected chi connectivity index (χ1v) is 11.3. The monoisotopic (exact) mass is 548 g/mol. The summed E-state index contributed by atoms with van der Waals surface area (Å²) in [6, 6.07) is 8.13. The molecule has 1 saturated heterocycles. The number of imide groups is 2.